The molecule has 0 atom stereocenters. The van der Waals surface area contributed by atoms with Crippen LogP contribution in [0, 0.1) is 0 Å². The molecule has 0 aliphatic rings. The zero-order valence-electron chi connectivity index (χ0n) is 14.6. The van der Waals surface area contributed by atoms with Crippen molar-refractivity contribution in [3.05, 3.63) is 12.2 Å². The van der Waals surface area contributed by atoms with Gasteiger partial charge >= 0.3 is 15.3 Å². The standard InChI is InChI=1S/C17H34O4Si/c1-4-7-9-14-20-22(21-15-10-8-5-2)16-11-13-19-17(18)12-6-3/h6,12,22H,4-5,7-11,13-16H2,1-3H3. The average Bonchev–Trinajstić information content (AvgIpc) is 2.51. The molecule has 0 fully saturated rings. The molecule has 0 heterocycles. The highest BCUT2D eigenvalue weighted by Crippen LogP contribution is 2.06. The van der Waals surface area contributed by atoms with Gasteiger partial charge in [0.1, 0.15) is 0 Å². The summed E-state index contributed by atoms with van der Waals surface area (Å²) < 4.78 is 17.0. The molecule has 0 amide bonds. The zero-order valence-corrected chi connectivity index (χ0v) is 15.8. The van der Waals surface area contributed by atoms with Gasteiger partial charge in [0.2, 0.25) is 0 Å². The molecule has 0 saturated carbocycles. The number of unbranched alkanes of at least 4 members (excludes halogenated alkanes) is 4. The lowest BCUT2D eigenvalue weighted by Gasteiger charge is -2.17. The maximum absolute atomic E-state index is 11.2. The van der Waals surface area contributed by atoms with Gasteiger partial charge in [0.05, 0.1) is 6.61 Å². The van der Waals surface area contributed by atoms with Crippen molar-refractivity contribution in [1.82, 2.24) is 0 Å². The second-order valence-electron chi connectivity index (χ2n) is 5.40. The number of carbonyl (C=O) groups is 1. The Bertz CT molecular complexity index is 270. The lowest BCUT2D eigenvalue weighted by atomic mass is 10.3. The number of ether oxygens (including phenoxy) is 1. The third kappa shape index (κ3) is 14.3. The number of esters is 1. The van der Waals surface area contributed by atoms with Crippen LogP contribution in [0.1, 0.15) is 65.7 Å². The summed E-state index contributed by atoms with van der Waals surface area (Å²) in [7, 11) is -1.61. The number of hydrogen-bond donors (Lipinski definition) is 0. The quantitative estimate of drug-likeness (QED) is 0.196. The van der Waals surface area contributed by atoms with Crippen LogP contribution in [0.3, 0.4) is 0 Å². The van der Waals surface area contributed by atoms with Gasteiger partial charge in [0.25, 0.3) is 0 Å². The van der Waals surface area contributed by atoms with E-state index in [1.54, 1.807) is 13.0 Å². The Morgan fingerprint density at radius 3 is 2.00 bits per heavy atom. The first-order chi connectivity index (χ1) is 10.7. The van der Waals surface area contributed by atoms with Crippen LogP contribution in [0.15, 0.2) is 12.2 Å². The van der Waals surface area contributed by atoms with Crippen LogP contribution >= 0.6 is 0 Å². The van der Waals surface area contributed by atoms with Crippen LogP contribution < -0.4 is 0 Å². The van der Waals surface area contributed by atoms with Crippen molar-refractivity contribution in [3.63, 3.8) is 0 Å². The predicted octanol–water partition coefficient (Wildman–Crippen LogP) is 4.13. The molecule has 0 saturated heterocycles. The molecule has 130 valence electrons. The molecular weight excluding hydrogens is 296 g/mol. The Morgan fingerprint density at radius 1 is 0.909 bits per heavy atom. The smallest absolute Gasteiger partial charge is 0.330 e. The highest BCUT2D eigenvalue weighted by molar-refractivity contribution is 6.44. The van der Waals surface area contributed by atoms with E-state index in [0.29, 0.717) is 6.61 Å². The van der Waals surface area contributed by atoms with Crippen LogP contribution in [0.5, 0.6) is 0 Å². The van der Waals surface area contributed by atoms with Gasteiger partial charge in [-0.3, -0.25) is 0 Å². The first-order valence-corrected chi connectivity index (χ1v) is 10.5. The van der Waals surface area contributed by atoms with Gasteiger partial charge in [0.15, 0.2) is 0 Å². The summed E-state index contributed by atoms with van der Waals surface area (Å²) >= 11 is 0. The van der Waals surface area contributed by atoms with E-state index >= 15 is 0 Å². The van der Waals surface area contributed by atoms with E-state index in [1.165, 1.54) is 31.8 Å². The van der Waals surface area contributed by atoms with E-state index in [2.05, 4.69) is 13.8 Å². The molecular formula is C17H34O4Si. The normalized spacial score (nSPS) is 11.5. The minimum atomic E-state index is -1.61. The molecule has 0 aromatic rings. The molecule has 0 aromatic carbocycles. The van der Waals surface area contributed by atoms with Crippen molar-refractivity contribution in [2.75, 3.05) is 19.8 Å². The highest BCUT2D eigenvalue weighted by Gasteiger charge is 2.13. The summed E-state index contributed by atoms with van der Waals surface area (Å²) in [4.78, 5) is 11.2. The molecule has 0 aliphatic carbocycles. The fourth-order valence-electron chi connectivity index (χ4n) is 1.96. The van der Waals surface area contributed by atoms with Crippen LogP contribution in [-0.4, -0.2) is 35.1 Å². The van der Waals surface area contributed by atoms with E-state index in [9.17, 15) is 4.79 Å². The maximum Gasteiger partial charge on any atom is 0.330 e. The molecule has 5 heteroatoms. The molecule has 0 N–H and O–H groups in total. The molecule has 0 spiro atoms. The molecule has 4 nitrogen and oxygen atoms in total. The molecule has 0 aromatic heterocycles. The lowest BCUT2D eigenvalue weighted by molar-refractivity contribution is -0.137. The van der Waals surface area contributed by atoms with Crippen molar-refractivity contribution < 1.29 is 18.4 Å². The maximum atomic E-state index is 11.2. The zero-order chi connectivity index (χ0) is 16.5. The van der Waals surface area contributed by atoms with E-state index in [0.717, 1.165) is 38.5 Å². The van der Waals surface area contributed by atoms with Gasteiger partial charge in [-0.15, -0.1) is 0 Å². The van der Waals surface area contributed by atoms with Crippen LogP contribution in [0.25, 0.3) is 0 Å². The van der Waals surface area contributed by atoms with Crippen molar-refractivity contribution in [2.24, 2.45) is 0 Å². The molecule has 0 bridgehead atoms. The second kappa shape index (κ2) is 16.7. The SMILES string of the molecule is CC=CC(=O)OCCC[SiH](OCCCCC)OCCCCC. The van der Waals surface area contributed by atoms with Gasteiger partial charge in [0, 0.05) is 19.3 Å². The largest absolute Gasteiger partial charge is 0.463 e. The third-order valence-corrected chi connectivity index (χ3v) is 5.33. The summed E-state index contributed by atoms with van der Waals surface area (Å²) in [5.41, 5.74) is 0. The Labute approximate surface area is 138 Å². The second-order valence-corrected chi connectivity index (χ2v) is 7.50. The highest BCUT2D eigenvalue weighted by atomic mass is 28.3. The summed E-state index contributed by atoms with van der Waals surface area (Å²) in [5.74, 6) is -0.270. The monoisotopic (exact) mass is 330 g/mol. The topological polar surface area (TPSA) is 44.8 Å². The molecule has 0 aliphatic heterocycles. The van der Waals surface area contributed by atoms with Gasteiger partial charge < -0.3 is 13.6 Å². The Hall–Kier alpha value is -0.653. The van der Waals surface area contributed by atoms with Crippen molar-refractivity contribution in [2.45, 2.75) is 71.8 Å². The van der Waals surface area contributed by atoms with Gasteiger partial charge in [-0.25, -0.2) is 4.79 Å². The number of rotatable bonds is 15. The lowest BCUT2D eigenvalue weighted by Crippen LogP contribution is -2.24. The van der Waals surface area contributed by atoms with Gasteiger partial charge in [-0.05, 0) is 32.2 Å². The minimum absolute atomic E-state index is 0.270. The Morgan fingerprint density at radius 2 is 1.50 bits per heavy atom. The first-order valence-electron chi connectivity index (χ1n) is 8.77. The van der Waals surface area contributed by atoms with Crippen LogP contribution in [-0.2, 0) is 18.4 Å². The molecule has 0 rings (SSSR count). The Kier molecular flexibility index (Phi) is 16.2. The van der Waals surface area contributed by atoms with Gasteiger partial charge in [-0.2, -0.15) is 0 Å². The number of carbonyl (C=O) groups excluding carboxylic acids is 1. The third-order valence-electron chi connectivity index (χ3n) is 3.23. The van der Waals surface area contributed by atoms with Crippen LogP contribution in [0.2, 0.25) is 6.04 Å². The molecule has 0 unspecified atom stereocenters. The van der Waals surface area contributed by atoms with Gasteiger partial charge in [-0.1, -0.05) is 45.6 Å². The van der Waals surface area contributed by atoms with E-state index in [-0.39, 0.29) is 5.97 Å². The van der Waals surface area contributed by atoms with Crippen molar-refractivity contribution in [3.8, 4) is 0 Å². The summed E-state index contributed by atoms with van der Waals surface area (Å²) in [6.45, 7) is 8.24. The molecule has 0 radical (unpaired) electrons. The minimum Gasteiger partial charge on any atom is -0.463 e. The van der Waals surface area contributed by atoms with E-state index in [4.69, 9.17) is 13.6 Å². The fraction of sp³-hybridized carbons (Fsp3) is 0.824. The van der Waals surface area contributed by atoms with Crippen molar-refractivity contribution in [1.29, 1.82) is 0 Å². The summed E-state index contributed by atoms with van der Waals surface area (Å²) in [5, 5.41) is 0. The fourth-order valence-corrected chi connectivity index (χ4v) is 3.74. The predicted molar refractivity (Wildman–Crippen MR) is 93.3 cm³/mol. The Balaban J connectivity index is 3.86. The molecule has 22 heavy (non-hydrogen) atoms. The van der Waals surface area contributed by atoms with E-state index in [1.807, 2.05) is 0 Å². The van der Waals surface area contributed by atoms with Crippen molar-refractivity contribution >= 4 is 15.3 Å². The average molecular weight is 331 g/mol. The van der Waals surface area contributed by atoms with E-state index < -0.39 is 9.28 Å². The first kappa shape index (κ1) is 21.3. The van der Waals surface area contributed by atoms with Crippen LogP contribution in [0.4, 0.5) is 0 Å². The summed E-state index contributed by atoms with van der Waals surface area (Å²) in [6, 6.07) is 0.904. The summed E-state index contributed by atoms with van der Waals surface area (Å²) in [6.07, 6.45) is 11.0. The number of hydrogen-bond acceptors (Lipinski definition) is 4. The number of allylic oxidation sites excluding steroid dienone is 1.